The summed E-state index contributed by atoms with van der Waals surface area (Å²) in [7, 11) is 0. The molecule has 3 rings (SSSR count). The van der Waals surface area contributed by atoms with Crippen LogP contribution in [0.25, 0.3) is 5.78 Å². The average Bonchev–Trinajstić information content (AvgIpc) is 2.94. The minimum atomic E-state index is -4.80. The molecule has 0 fully saturated rings. The first kappa shape index (κ1) is 16.5. The number of nitrogen functional groups attached to an aromatic ring is 1. The van der Waals surface area contributed by atoms with Gasteiger partial charge in [0.15, 0.2) is 0 Å². The van der Waals surface area contributed by atoms with Gasteiger partial charge in [0.05, 0.1) is 4.47 Å². The van der Waals surface area contributed by atoms with Crippen molar-refractivity contribution in [2.45, 2.75) is 19.7 Å². The molecule has 0 aliphatic carbocycles. The van der Waals surface area contributed by atoms with Gasteiger partial charge in [0.2, 0.25) is 0 Å². The second kappa shape index (κ2) is 5.93. The van der Waals surface area contributed by atoms with Crippen molar-refractivity contribution < 1.29 is 17.9 Å². The van der Waals surface area contributed by atoms with Crippen LogP contribution in [0.15, 0.2) is 29.0 Å². The van der Waals surface area contributed by atoms with E-state index in [2.05, 4.69) is 35.7 Å². The number of anilines is 1. The number of fused-ring (bicyclic) bond motifs is 1. The van der Waals surface area contributed by atoms with E-state index in [-0.39, 0.29) is 22.5 Å². The van der Waals surface area contributed by atoms with E-state index in [0.29, 0.717) is 22.6 Å². The molecule has 1 aromatic carbocycles. The summed E-state index contributed by atoms with van der Waals surface area (Å²) in [5.74, 6) is 0.296. The molecule has 2 heterocycles. The maximum atomic E-state index is 12.7. The topological polar surface area (TPSA) is 78.3 Å². The lowest BCUT2D eigenvalue weighted by Gasteiger charge is -2.16. The number of nitrogens with zero attached hydrogens (tertiary/aromatic N) is 4. The largest absolute Gasteiger partial charge is 0.573 e. The van der Waals surface area contributed by atoms with Crippen LogP contribution < -0.4 is 10.5 Å². The van der Waals surface area contributed by atoms with Crippen molar-refractivity contribution in [3.63, 3.8) is 0 Å². The van der Waals surface area contributed by atoms with Crippen LogP contribution in [0.4, 0.5) is 19.0 Å². The predicted octanol–water partition coefficient (Wildman–Crippen LogP) is 3.27. The number of nitrogens with two attached hydrogens (primary N) is 1. The maximum Gasteiger partial charge on any atom is 0.573 e. The van der Waals surface area contributed by atoms with Crippen LogP contribution >= 0.6 is 15.9 Å². The third kappa shape index (κ3) is 3.14. The number of halogens is 4. The van der Waals surface area contributed by atoms with Gasteiger partial charge in [0.25, 0.3) is 5.78 Å². The van der Waals surface area contributed by atoms with Crippen LogP contribution in [-0.2, 0) is 6.42 Å². The number of benzene rings is 1. The summed E-state index contributed by atoms with van der Waals surface area (Å²) in [5.41, 5.74) is 7.51. The Kier molecular flexibility index (Phi) is 4.08. The van der Waals surface area contributed by atoms with Gasteiger partial charge >= 0.3 is 6.36 Å². The van der Waals surface area contributed by atoms with Crippen LogP contribution in [0.3, 0.4) is 0 Å². The highest BCUT2D eigenvalue weighted by molar-refractivity contribution is 9.10. The van der Waals surface area contributed by atoms with Crippen molar-refractivity contribution >= 4 is 27.5 Å². The van der Waals surface area contributed by atoms with Gasteiger partial charge in [-0.2, -0.15) is 14.6 Å². The molecule has 0 aliphatic heterocycles. The number of alkyl halides is 3. The van der Waals surface area contributed by atoms with Gasteiger partial charge in [-0.05, 0) is 28.9 Å². The molecule has 0 radical (unpaired) electrons. The number of rotatable bonds is 3. The van der Waals surface area contributed by atoms with Crippen LogP contribution in [0, 0.1) is 6.92 Å². The fraction of sp³-hybridized carbons (Fsp3) is 0.214. The zero-order chi connectivity index (χ0) is 17.5. The molecule has 0 spiro atoms. The Balaban J connectivity index is 2.08. The lowest BCUT2D eigenvalue weighted by atomic mass is 10.0. The first-order valence-corrected chi connectivity index (χ1v) is 7.53. The second-order valence-corrected chi connectivity index (χ2v) is 5.84. The molecule has 0 unspecified atom stereocenters. The number of aryl methyl sites for hydroxylation is 1. The summed E-state index contributed by atoms with van der Waals surface area (Å²) in [4.78, 5) is 8.20. The van der Waals surface area contributed by atoms with E-state index in [1.54, 1.807) is 13.0 Å². The molecule has 6 nitrogen and oxygen atoms in total. The molecule has 2 N–H and O–H groups in total. The summed E-state index contributed by atoms with van der Waals surface area (Å²) in [6, 6.07) is 4.63. The molecular weight excluding hydrogens is 391 g/mol. The Hall–Kier alpha value is -2.36. The summed E-state index contributed by atoms with van der Waals surface area (Å²) in [5, 5.41) is 3.96. The van der Waals surface area contributed by atoms with Crippen molar-refractivity contribution in [2.75, 3.05) is 5.73 Å². The first-order chi connectivity index (χ1) is 11.3. The number of hydrogen-bond acceptors (Lipinski definition) is 5. The number of hydrogen-bond donors (Lipinski definition) is 1. The zero-order valence-corrected chi connectivity index (χ0v) is 13.9. The molecule has 0 saturated heterocycles. The van der Waals surface area contributed by atoms with Crippen molar-refractivity contribution in [2.24, 2.45) is 0 Å². The Morgan fingerprint density at radius 2 is 2.08 bits per heavy atom. The van der Waals surface area contributed by atoms with Crippen LogP contribution in [-0.4, -0.2) is 25.9 Å². The SMILES string of the molecule is Cc1nc2ncnn2c(N)c1Cc1cccc(Br)c1OC(F)(F)F. The highest BCUT2D eigenvalue weighted by Gasteiger charge is 2.33. The lowest BCUT2D eigenvalue weighted by Crippen LogP contribution is -2.19. The van der Waals surface area contributed by atoms with Gasteiger partial charge < -0.3 is 10.5 Å². The molecule has 126 valence electrons. The van der Waals surface area contributed by atoms with E-state index in [9.17, 15) is 13.2 Å². The van der Waals surface area contributed by atoms with E-state index in [4.69, 9.17) is 5.73 Å². The Morgan fingerprint density at radius 1 is 1.33 bits per heavy atom. The summed E-state index contributed by atoms with van der Waals surface area (Å²) >= 11 is 3.08. The third-order valence-corrected chi connectivity index (χ3v) is 4.03. The highest BCUT2D eigenvalue weighted by atomic mass is 79.9. The lowest BCUT2D eigenvalue weighted by molar-refractivity contribution is -0.275. The van der Waals surface area contributed by atoms with Crippen molar-refractivity contribution in [3.8, 4) is 5.75 Å². The highest BCUT2D eigenvalue weighted by Crippen LogP contribution is 2.35. The molecule has 2 aromatic heterocycles. The smallest absolute Gasteiger partial charge is 0.404 e. The number of para-hydroxylation sites is 1. The average molecular weight is 402 g/mol. The van der Waals surface area contributed by atoms with Crippen molar-refractivity contribution in [3.05, 3.63) is 45.8 Å². The van der Waals surface area contributed by atoms with Gasteiger partial charge in [-0.15, -0.1) is 13.2 Å². The molecule has 0 atom stereocenters. The summed E-state index contributed by atoms with van der Waals surface area (Å²) in [6.45, 7) is 1.71. The van der Waals surface area contributed by atoms with Crippen LogP contribution in [0.5, 0.6) is 5.75 Å². The summed E-state index contributed by atoms with van der Waals surface area (Å²) in [6.07, 6.45) is -3.39. The molecule has 3 aromatic rings. The van der Waals surface area contributed by atoms with Gasteiger partial charge in [0, 0.05) is 23.2 Å². The monoisotopic (exact) mass is 401 g/mol. The van der Waals surface area contributed by atoms with Crippen LogP contribution in [0.2, 0.25) is 0 Å². The summed E-state index contributed by atoms with van der Waals surface area (Å²) < 4.78 is 43.7. The van der Waals surface area contributed by atoms with E-state index >= 15 is 0 Å². The molecule has 0 aliphatic rings. The van der Waals surface area contributed by atoms with E-state index in [1.165, 1.54) is 23.0 Å². The Morgan fingerprint density at radius 3 is 2.79 bits per heavy atom. The first-order valence-electron chi connectivity index (χ1n) is 6.74. The van der Waals surface area contributed by atoms with Gasteiger partial charge in [0.1, 0.15) is 17.9 Å². The Labute approximate surface area is 142 Å². The fourth-order valence-corrected chi connectivity index (χ4v) is 2.83. The normalized spacial score (nSPS) is 11.9. The minimum absolute atomic E-state index is 0.102. The van der Waals surface area contributed by atoms with Crippen molar-refractivity contribution in [1.29, 1.82) is 0 Å². The maximum absolute atomic E-state index is 12.7. The van der Waals surface area contributed by atoms with Gasteiger partial charge in [-0.25, -0.2) is 4.98 Å². The number of aromatic nitrogens is 4. The minimum Gasteiger partial charge on any atom is -0.404 e. The fourth-order valence-electron chi connectivity index (χ4n) is 2.34. The molecule has 0 saturated carbocycles. The third-order valence-electron chi connectivity index (χ3n) is 3.41. The predicted molar refractivity (Wildman–Crippen MR) is 83.6 cm³/mol. The van der Waals surface area contributed by atoms with E-state index in [0.717, 1.165) is 0 Å². The van der Waals surface area contributed by atoms with E-state index in [1.807, 2.05) is 0 Å². The van der Waals surface area contributed by atoms with E-state index < -0.39 is 6.36 Å². The van der Waals surface area contributed by atoms with Crippen molar-refractivity contribution in [1.82, 2.24) is 19.6 Å². The Bertz CT molecular complexity index is 909. The number of ether oxygens (including phenoxy) is 1. The second-order valence-electron chi connectivity index (χ2n) is 4.99. The quantitative estimate of drug-likeness (QED) is 0.728. The molecule has 10 heteroatoms. The zero-order valence-electron chi connectivity index (χ0n) is 12.3. The molecule has 0 bridgehead atoms. The van der Waals surface area contributed by atoms with Crippen LogP contribution in [0.1, 0.15) is 16.8 Å². The molecule has 24 heavy (non-hydrogen) atoms. The molecule has 0 amide bonds. The standard InChI is InChI=1S/C14H11BrF3N5O/c1-7-9(12(19)23-13(22-7)20-6-21-23)5-8-3-2-4-10(15)11(8)24-14(16,17)18/h2-4,6H,5,19H2,1H3. The van der Waals surface area contributed by atoms with Gasteiger partial charge in [-0.3, -0.25) is 0 Å². The van der Waals surface area contributed by atoms with Gasteiger partial charge in [-0.1, -0.05) is 12.1 Å². The molecular formula is C14H11BrF3N5O.